The van der Waals surface area contributed by atoms with Gasteiger partial charge in [0.15, 0.2) is 26.0 Å². The van der Waals surface area contributed by atoms with Gasteiger partial charge in [-0.3, -0.25) is 0 Å². The molecule has 0 N–H and O–H groups in total. The topological polar surface area (TPSA) is 76.9 Å². The van der Waals surface area contributed by atoms with Gasteiger partial charge in [0.25, 0.3) is 0 Å². The van der Waals surface area contributed by atoms with E-state index < -0.39 is 20.3 Å². The van der Waals surface area contributed by atoms with Crippen LogP contribution in [0.25, 0.3) is 11.0 Å². The van der Waals surface area contributed by atoms with Crippen LogP contribution in [-0.2, 0) is 18.6 Å². The molecule has 4 atom stereocenters. The van der Waals surface area contributed by atoms with Crippen LogP contribution in [0.5, 0.6) is 5.75 Å². The van der Waals surface area contributed by atoms with E-state index in [4.69, 9.17) is 23.4 Å². The predicted molar refractivity (Wildman–Crippen MR) is 115 cm³/mol. The molecule has 0 radical (unpaired) electrons. The van der Waals surface area contributed by atoms with Crippen LogP contribution in [0.1, 0.15) is 40.8 Å². The van der Waals surface area contributed by atoms with Crippen LogP contribution in [0, 0.1) is 0 Å². The molecule has 9 heteroatoms. The molecule has 2 fully saturated rings. The van der Waals surface area contributed by atoms with Crippen molar-refractivity contribution in [1.29, 1.82) is 0 Å². The molecule has 4 rings (SSSR count). The number of hydrogen-bond donors (Lipinski definition) is 0. The van der Waals surface area contributed by atoms with Gasteiger partial charge in [-0.05, 0) is 38.0 Å². The second-order valence-corrected chi connectivity index (χ2v) is 14.9. The fourth-order valence-corrected chi connectivity index (χ4v) is 4.80. The van der Waals surface area contributed by atoms with E-state index in [0.717, 1.165) is 11.1 Å². The van der Waals surface area contributed by atoms with Crippen LogP contribution in [0.3, 0.4) is 0 Å². The van der Waals surface area contributed by atoms with Crippen molar-refractivity contribution in [3.8, 4) is 5.75 Å². The number of pyridine rings is 1. The van der Waals surface area contributed by atoms with Crippen molar-refractivity contribution < 1.29 is 23.4 Å². The number of methoxy groups -OCH3 is 1. The Morgan fingerprint density at radius 2 is 1.90 bits per heavy atom. The zero-order valence-electron chi connectivity index (χ0n) is 19.1. The molecular formula is C21H33N3O5Si. The number of aromatic nitrogens is 3. The van der Waals surface area contributed by atoms with Gasteiger partial charge < -0.3 is 23.4 Å². The van der Waals surface area contributed by atoms with E-state index in [1.165, 1.54) is 0 Å². The summed E-state index contributed by atoms with van der Waals surface area (Å²) in [5.74, 6) is 0.0308. The fraction of sp³-hybridized carbons (Fsp3) is 0.714. The minimum atomic E-state index is -1.92. The second kappa shape index (κ2) is 7.27. The lowest BCUT2D eigenvalue weighted by molar-refractivity contribution is -0.200. The van der Waals surface area contributed by atoms with Gasteiger partial charge in [0, 0.05) is 6.20 Å². The molecule has 0 bridgehead atoms. The summed E-state index contributed by atoms with van der Waals surface area (Å²) in [6, 6.07) is 1.82. The fourth-order valence-electron chi connectivity index (χ4n) is 3.78. The number of nitrogens with zero attached hydrogens (tertiary/aromatic N) is 3. The first-order valence-corrected chi connectivity index (χ1v) is 13.4. The molecule has 166 valence electrons. The molecule has 0 aromatic carbocycles. The van der Waals surface area contributed by atoms with Gasteiger partial charge in [-0.25, -0.2) is 9.67 Å². The van der Waals surface area contributed by atoms with Crippen LogP contribution in [-0.4, -0.2) is 60.9 Å². The lowest BCUT2D eigenvalue weighted by Gasteiger charge is -2.37. The molecule has 30 heavy (non-hydrogen) atoms. The second-order valence-electron chi connectivity index (χ2n) is 10.0. The number of fused-ring (bicyclic) bond motifs is 2. The number of hydrogen-bond acceptors (Lipinski definition) is 7. The highest BCUT2D eigenvalue weighted by atomic mass is 28.4. The van der Waals surface area contributed by atoms with Gasteiger partial charge in [0.2, 0.25) is 0 Å². The van der Waals surface area contributed by atoms with E-state index in [-0.39, 0.29) is 23.4 Å². The molecular weight excluding hydrogens is 402 g/mol. The molecule has 2 aromatic heterocycles. The van der Waals surface area contributed by atoms with E-state index in [1.807, 2.05) is 19.9 Å². The Kier molecular flexibility index (Phi) is 5.26. The van der Waals surface area contributed by atoms with E-state index in [2.05, 4.69) is 43.9 Å². The first-order chi connectivity index (χ1) is 13.9. The van der Waals surface area contributed by atoms with Crippen LogP contribution in [0.2, 0.25) is 18.1 Å². The molecule has 2 saturated heterocycles. The van der Waals surface area contributed by atoms with Gasteiger partial charge in [-0.15, -0.1) is 0 Å². The third kappa shape index (κ3) is 3.66. The highest BCUT2D eigenvalue weighted by Gasteiger charge is 2.57. The molecule has 8 nitrogen and oxygen atoms in total. The van der Waals surface area contributed by atoms with Crippen molar-refractivity contribution in [1.82, 2.24) is 14.8 Å². The Labute approximate surface area is 178 Å². The first kappa shape index (κ1) is 21.7. The molecule has 4 heterocycles. The lowest BCUT2D eigenvalue weighted by atomic mass is 10.1. The molecule has 0 saturated carbocycles. The molecule has 0 unspecified atom stereocenters. The lowest BCUT2D eigenvalue weighted by Crippen LogP contribution is -2.44. The maximum atomic E-state index is 6.46. The van der Waals surface area contributed by atoms with Crippen LogP contribution < -0.4 is 4.74 Å². The van der Waals surface area contributed by atoms with Gasteiger partial charge in [0.05, 0.1) is 25.3 Å². The predicted octanol–water partition coefficient (Wildman–Crippen LogP) is 3.88. The van der Waals surface area contributed by atoms with Crippen molar-refractivity contribution >= 4 is 19.4 Å². The van der Waals surface area contributed by atoms with Crippen LogP contribution in [0.4, 0.5) is 0 Å². The highest BCUT2D eigenvalue weighted by molar-refractivity contribution is 6.74. The average molecular weight is 436 g/mol. The quantitative estimate of drug-likeness (QED) is 0.660. The SMILES string of the molecule is COc1ccnc2c1cnn2[C@@H]1O[C@H](CO[Si](C)(C)C(C)(C)C)[C@H]2OC(C)(C)O[C@H]21. The van der Waals surface area contributed by atoms with Crippen molar-refractivity contribution in [2.24, 2.45) is 0 Å². The third-order valence-electron chi connectivity index (χ3n) is 6.46. The molecule has 0 amide bonds. The number of ether oxygens (including phenoxy) is 4. The summed E-state index contributed by atoms with van der Waals surface area (Å²) in [5, 5.41) is 5.51. The minimum absolute atomic E-state index is 0.120. The maximum absolute atomic E-state index is 6.46. The van der Waals surface area contributed by atoms with Crippen molar-refractivity contribution in [3.63, 3.8) is 0 Å². The van der Waals surface area contributed by atoms with Gasteiger partial charge in [-0.1, -0.05) is 20.8 Å². The van der Waals surface area contributed by atoms with Crippen LogP contribution in [0.15, 0.2) is 18.5 Å². The molecule has 2 aliphatic rings. The Bertz CT molecular complexity index is 923. The van der Waals surface area contributed by atoms with Crippen molar-refractivity contribution in [2.45, 2.75) is 83.1 Å². The summed E-state index contributed by atoms with van der Waals surface area (Å²) >= 11 is 0. The molecule has 2 aliphatic heterocycles. The summed E-state index contributed by atoms with van der Waals surface area (Å²) in [6.45, 7) is 15.5. The van der Waals surface area contributed by atoms with Gasteiger partial charge >= 0.3 is 0 Å². The largest absolute Gasteiger partial charge is 0.496 e. The standard InChI is InChI=1S/C21H33N3O5Si/c1-20(2,3)30(7,8)26-12-15-16-17(29-21(4,5)28-16)19(27-15)24-18-13(11-23-24)14(25-6)9-10-22-18/h9-11,15-17,19H,12H2,1-8H3/t15-,16-,17-,19-/m1/s1. The van der Waals surface area contributed by atoms with Gasteiger partial charge in [0.1, 0.15) is 24.1 Å². The average Bonchev–Trinajstić information content (AvgIpc) is 3.29. The molecule has 0 spiro atoms. The third-order valence-corrected chi connectivity index (χ3v) is 11.0. The summed E-state index contributed by atoms with van der Waals surface area (Å²) < 4.78 is 32.6. The summed E-state index contributed by atoms with van der Waals surface area (Å²) in [4.78, 5) is 4.51. The Morgan fingerprint density at radius 1 is 1.20 bits per heavy atom. The normalized spacial score (nSPS) is 28.8. The molecule has 2 aromatic rings. The zero-order valence-corrected chi connectivity index (χ0v) is 20.1. The van der Waals surface area contributed by atoms with Gasteiger partial charge in [-0.2, -0.15) is 5.10 Å². The first-order valence-electron chi connectivity index (χ1n) is 10.4. The maximum Gasteiger partial charge on any atom is 0.192 e. The summed E-state index contributed by atoms with van der Waals surface area (Å²) in [6.07, 6.45) is 2.21. The smallest absolute Gasteiger partial charge is 0.192 e. The Balaban J connectivity index is 1.63. The Hall–Kier alpha value is -1.52. The van der Waals surface area contributed by atoms with Crippen molar-refractivity contribution in [3.05, 3.63) is 18.5 Å². The summed E-state index contributed by atoms with van der Waals surface area (Å²) in [5.41, 5.74) is 0.692. The van der Waals surface area contributed by atoms with E-state index in [1.54, 1.807) is 24.2 Å². The highest BCUT2D eigenvalue weighted by Crippen LogP contribution is 2.45. The zero-order chi connectivity index (χ0) is 21.9. The van der Waals surface area contributed by atoms with E-state index in [9.17, 15) is 0 Å². The van der Waals surface area contributed by atoms with E-state index in [0.29, 0.717) is 12.3 Å². The number of rotatable bonds is 5. The Morgan fingerprint density at radius 3 is 2.57 bits per heavy atom. The minimum Gasteiger partial charge on any atom is -0.496 e. The van der Waals surface area contributed by atoms with Crippen LogP contribution >= 0.6 is 0 Å². The van der Waals surface area contributed by atoms with E-state index >= 15 is 0 Å². The monoisotopic (exact) mass is 435 g/mol. The summed E-state index contributed by atoms with van der Waals surface area (Å²) in [7, 11) is -0.286. The molecule has 0 aliphatic carbocycles. The van der Waals surface area contributed by atoms with Crippen molar-refractivity contribution in [2.75, 3.05) is 13.7 Å².